The van der Waals surface area contributed by atoms with Crippen LogP contribution in [0.4, 0.5) is 5.82 Å². The van der Waals surface area contributed by atoms with Gasteiger partial charge in [-0.15, -0.1) is 0 Å². The first-order chi connectivity index (χ1) is 9.70. The number of aryl methyl sites for hydroxylation is 1. The van der Waals surface area contributed by atoms with Crippen molar-refractivity contribution in [2.24, 2.45) is 11.0 Å². The number of amides is 1. The van der Waals surface area contributed by atoms with Crippen molar-refractivity contribution in [3.63, 3.8) is 0 Å². The first-order valence-corrected chi connectivity index (χ1v) is 6.09. The predicted octanol–water partition coefficient (Wildman–Crippen LogP) is 1.59. The maximum atomic E-state index is 12.1. The predicted molar refractivity (Wildman–Crippen MR) is 68.8 cm³/mol. The van der Waals surface area contributed by atoms with Crippen molar-refractivity contribution in [2.45, 2.75) is 13.3 Å². The summed E-state index contributed by atoms with van der Waals surface area (Å²) in [7, 11) is 0. The molecule has 9 heteroatoms. The lowest BCUT2D eigenvalue weighted by molar-refractivity contribution is -0.117. The lowest BCUT2D eigenvalue weighted by Crippen LogP contribution is -2.26. The monoisotopic (exact) mass is 273 g/mol. The van der Waals surface area contributed by atoms with Gasteiger partial charge in [-0.2, -0.15) is 4.98 Å². The molecule has 0 saturated carbocycles. The Balaban J connectivity index is 1.97. The number of hydrogen-bond donors (Lipinski definition) is 0. The molecule has 102 valence electrons. The molecule has 0 aromatic carbocycles. The van der Waals surface area contributed by atoms with E-state index in [1.54, 1.807) is 11.8 Å². The fraction of sp³-hybridized carbons (Fsp3) is 0.455. The van der Waals surface area contributed by atoms with Gasteiger partial charge in [0.25, 0.3) is 5.71 Å². The van der Waals surface area contributed by atoms with E-state index in [0.717, 1.165) is 0 Å². The van der Waals surface area contributed by atoms with E-state index in [-0.39, 0.29) is 11.8 Å². The maximum Gasteiger partial charge on any atom is 0.263 e. The smallest absolute Gasteiger partial charge is 0.263 e. The van der Waals surface area contributed by atoms with Gasteiger partial charge in [-0.3, -0.25) is 9.69 Å². The topological polar surface area (TPSA) is 121 Å². The van der Waals surface area contributed by atoms with E-state index in [2.05, 4.69) is 25.2 Å². The summed E-state index contributed by atoms with van der Waals surface area (Å²) in [5.41, 5.74) is 9.34. The van der Waals surface area contributed by atoms with E-state index < -0.39 is 0 Å². The number of nitrogens with zero attached hydrogens (tertiary/aromatic N) is 7. The Morgan fingerprint density at radius 3 is 3.25 bits per heavy atom. The van der Waals surface area contributed by atoms with Crippen molar-refractivity contribution >= 4 is 22.8 Å². The molecule has 2 aromatic rings. The Morgan fingerprint density at radius 1 is 1.60 bits per heavy atom. The Labute approximate surface area is 113 Å². The largest absolute Gasteiger partial charge is 0.335 e. The van der Waals surface area contributed by atoms with Gasteiger partial charge < -0.3 is 4.52 Å². The van der Waals surface area contributed by atoms with Gasteiger partial charge in [0.2, 0.25) is 5.91 Å². The molecule has 3 heterocycles. The fourth-order valence-corrected chi connectivity index (χ4v) is 2.37. The van der Waals surface area contributed by atoms with Crippen LogP contribution in [0, 0.1) is 12.8 Å². The molecule has 1 aliphatic heterocycles. The SMILES string of the molecule is Cc1noc2ncnc(N3CC(CN=[N+]=[N-])CC3=O)c12. The normalized spacial score (nSPS) is 18.6. The first kappa shape index (κ1) is 12.4. The highest BCUT2D eigenvalue weighted by Gasteiger charge is 2.32. The highest BCUT2D eigenvalue weighted by Crippen LogP contribution is 2.30. The number of carbonyl (C=O) groups is 1. The third kappa shape index (κ3) is 1.94. The van der Waals surface area contributed by atoms with Gasteiger partial charge in [0, 0.05) is 24.4 Å². The van der Waals surface area contributed by atoms with Crippen LogP contribution in [0.25, 0.3) is 21.5 Å². The van der Waals surface area contributed by atoms with Crippen molar-refractivity contribution < 1.29 is 9.32 Å². The third-order valence-electron chi connectivity index (χ3n) is 3.29. The molecular weight excluding hydrogens is 262 g/mol. The van der Waals surface area contributed by atoms with E-state index >= 15 is 0 Å². The highest BCUT2D eigenvalue weighted by molar-refractivity contribution is 6.02. The van der Waals surface area contributed by atoms with Crippen LogP contribution < -0.4 is 4.90 Å². The third-order valence-corrected chi connectivity index (χ3v) is 3.29. The molecule has 1 unspecified atom stereocenters. The molecule has 0 N–H and O–H groups in total. The first-order valence-electron chi connectivity index (χ1n) is 6.09. The summed E-state index contributed by atoms with van der Waals surface area (Å²) in [5.74, 6) is 0.453. The van der Waals surface area contributed by atoms with Crippen LogP contribution >= 0.6 is 0 Å². The number of anilines is 1. The molecule has 1 fully saturated rings. The summed E-state index contributed by atoms with van der Waals surface area (Å²) < 4.78 is 5.07. The number of fused-ring (bicyclic) bond motifs is 1. The minimum atomic E-state index is -0.0521. The average Bonchev–Trinajstić information content (AvgIpc) is 3.00. The van der Waals surface area contributed by atoms with Gasteiger partial charge in [-0.25, -0.2) is 4.98 Å². The van der Waals surface area contributed by atoms with Crippen LogP contribution in [0.5, 0.6) is 0 Å². The molecule has 1 amide bonds. The van der Waals surface area contributed by atoms with Crippen molar-refractivity contribution in [1.29, 1.82) is 0 Å². The molecule has 2 aromatic heterocycles. The number of rotatable bonds is 3. The lowest BCUT2D eigenvalue weighted by atomic mass is 10.1. The molecule has 9 nitrogen and oxygen atoms in total. The van der Waals surface area contributed by atoms with Crippen molar-refractivity contribution in [3.05, 3.63) is 22.5 Å². The van der Waals surface area contributed by atoms with Crippen molar-refractivity contribution in [1.82, 2.24) is 15.1 Å². The second kappa shape index (κ2) is 4.78. The van der Waals surface area contributed by atoms with Crippen LogP contribution in [-0.4, -0.2) is 34.1 Å². The van der Waals surface area contributed by atoms with Crippen molar-refractivity contribution in [2.75, 3.05) is 18.0 Å². The molecule has 1 aliphatic rings. The number of aromatic nitrogens is 3. The van der Waals surface area contributed by atoms with E-state index in [9.17, 15) is 4.79 Å². The molecule has 0 radical (unpaired) electrons. The van der Waals surface area contributed by atoms with E-state index in [1.807, 2.05) is 0 Å². The molecule has 20 heavy (non-hydrogen) atoms. The van der Waals surface area contributed by atoms with Crippen molar-refractivity contribution in [3.8, 4) is 0 Å². The average molecular weight is 273 g/mol. The zero-order valence-electron chi connectivity index (χ0n) is 10.7. The van der Waals surface area contributed by atoms with E-state index in [4.69, 9.17) is 10.1 Å². The molecule has 3 rings (SSSR count). The zero-order valence-corrected chi connectivity index (χ0v) is 10.7. The minimum absolute atomic E-state index is 0.00332. The Morgan fingerprint density at radius 2 is 2.45 bits per heavy atom. The van der Waals surface area contributed by atoms with Gasteiger partial charge in [-0.1, -0.05) is 10.3 Å². The second-order valence-electron chi connectivity index (χ2n) is 4.63. The fourth-order valence-electron chi connectivity index (χ4n) is 2.37. The van der Waals surface area contributed by atoms with E-state index in [1.165, 1.54) is 6.33 Å². The minimum Gasteiger partial charge on any atom is -0.335 e. The number of azide groups is 1. The highest BCUT2D eigenvalue weighted by atomic mass is 16.5. The standard InChI is InChI=1S/C11H11N7O2/c1-6-9-10(13-5-14-11(9)20-16-6)18-4-7(2-8(18)19)3-15-17-12/h5,7H,2-4H2,1H3. The summed E-state index contributed by atoms with van der Waals surface area (Å²) in [6.07, 6.45) is 1.69. The van der Waals surface area contributed by atoms with Crippen LogP contribution in [-0.2, 0) is 4.79 Å². The van der Waals surface area contributed by atoms with Crippen LogP contribution in [0.3, 0.4) is 0 Å². The van der Waals surface area contributed by atoms with Crippen LogP contribution in [0.15, 0.2) is 16.0 Å². The summed E-state index contributed by atoms with van der Waals surface area (Å²) in [5, 5.41) is 8.01. The zero-order chi connectivity index (χ0) is 14.1. The van der Waals surface area contributed by atoms with Gasteiger partial charge in [-0.05, 0) is 18.4 Å². The quantitative estimate of drug-likeness (QED) is 0.477. The Bertz CT molecular complexity index is 719. The second-order valence-corrected chi connectivity index (χ2v) is 4.63. The maximum absolute atomic E-state index is 12.1. The lowest BCUT2D eigenvalue weighted by Gasteiger charge is -2.15. The van der Waals surface area contributed by atoms with Gasteiger partial charge in [0.15, 0.2) is 5.82 Å². The summed E-state index contributed by atoms with van der Waals surface area (Å²) in [4.78, 5) is 24.6. The molecule has 1 saturated heterocycles. The summed E-state index contributed by atoms with van der Waals surface area (Å²) in [6, 6.07) is 0. The molecule has 0 spiro atoms. The van der Waals surface area contributed by atoms with Crippen LogP contribution in [0.2, 0.25) is 0 Å². The molecule has 0 bridgehead atoms. The van der Waals surface area contributed by atoms with E-state index in [0.29, 0.717) is 42.1 Å². The molecular formula is C11H11N7O2. The Hall–Kier alpha value is -2.67. The Kier molecular flexibility index (Phi) is 2.96. The van der Waals surface area contributed by atoms with Crippen LogP contribution in [0.1, 0.15) is 12.1 Å². The molecule has 0 aliphatic carbocycles. The number of carbonyl (C=O) groups excluding carboxylic acids is 1. The van der Waals surface area contributed by atoms with Gasteiger partial charge in [0.05, 0.1) is 5.69 Å². The van der Waals surface area contributed by atoms with Gasteiger partial charge in [0.1, 0.15) is 11.7 Å². The van der Waals surface area contributed by atoms with Gasteiger partial charge >= 0.3 is 0 Å². The number of hydrogen-bond acceptors (Lipinski definition) is 6. The molecule has 1 atom stereocenters. The summed E-state index contributed by atoms with van der Waals surface area (Å²) in [6.45, 7) is 2.54. The summed E-state index contributed by atoms with van der Waals surface area (Å²) >= 11 is 0.